The Morgan fingerprint density at radius 2 is 1.86 bits per heavy atom. The van der Waals surface area contributed by atoms with Gasteiger partial charge in [0.05, 0.1) is 11.6 Å². The number of rotatable bonds is 5. The summed E-state index contributed by atoms with van der Waals surface area (Å²) in [6.45, 7) is 4.42. The third-order valence-electron chi connectivity index (χ3n) is 5.05. The van der Waals surface area contributed by atoms with Crippen molar-refractivity contribution in [3.8, 4) is 11.4 Å². The highest BCUT2D eigenvalue weighted by molar-refractivity contribution is 7.98. The zero-order valence-electron chi connectivity index (χ0n) is 16.5. The van der Waals surface area contributed by atoms with E-state index in [4.69, 9.17) is 4.52 Å². The van der Waals surface area contributed by atoms with Gasteiger partial charge in [0.1, 0.15) is 0 Å². The van der Waals surface area contributed by atoms with Crippen molar-refractivity contribution in [1.29, 1.82) is 0 Å². The number of nitrogens with one attached hydrogen (secondary N) is 1. The lowest BCUT2D eigenvalue weighted by Crippen LogP contribution is -2.45. The van der Waals surface area contributed by atoms with Crippen LogP contribution in [0.5, 0.6) is 0 Å². The summed E-state index contributed by atoms with van der Waals surface area (Å²) in [5.74, 6) is 0.941. The number of carbonyl (C=O) groups excluding carboxylic acids is 1. The van der Waals surface area contributed by atoms with E-state index < -0.39 is 0 Å². The molecule has 6 nitrogen and oxygen atoms in total. The van der Waals surface area contributed by atoms with Crippen molar-refractivity contribution in [2.45, 2.75) is 24.8 Å². The molecule has 0 bridgehead atoms. The summed E-state index contributed by atoms with van der Waals surface area (Å²) in [5, 5.41) is 7.26. The third kappa shape index (κ3) is 3.65. The molecule has 148 valence electrons. The third-order valence-corrected chi connectivity index (χ3v) is 5.79. The fraction of sp³-hybridized carbons (Fsp3) is 0.227. The fourth-order valence-corrected chi connectivity index (χ4v) is 3.93. The molecule has 0 saturated heterocycles. The largest absolute Gasteiger partial charge is 0.334 e. The Hall–Kier alpha value is -3.06. The van der Waals surface area contributed by atoms with Gasteiger partial charge in [0.15, 0.2) is 0 Å². The Morgan fingerprint density at radius 1 is 1.14 bits per heavy atom. The van der Waals surface area contributed by atoms with Crippen molar-refractivity contribution in [3.05, 3.63) is 71.7 Å². The predicted octanol–water partition coefficient (Wildman–Crippen LogP) is 4.98. The van der Waals surface area contributed by atoms with Gasteiger partial charge >= 0.3 is 6.03 Å². The van der Waals surface area contributed by atoms with Gasteiger partial charge in [-0.3, -0.25) is 4.90 Å². The van der Waals surface area contributed by atoms with Gasteiger partial charge in [-0.15, -0.1) is 11.8 Å². The molecule has 0 spiro atoms. The van der Waals surface area contributed by atoms with Crippen LogP contribution in [-0.2, 0) is 0 Å². The summed E-state index contributed by atoms with van der Waals surface area (Å²) in [4.78, 5) is 20.1. The number of amides is 2. The topological polar surface area (TPSA) is 71.3 Å². The van der Waals surface area contributed by atoms with E-state index in [1.165, 1.54) is 0 Å². The first-order valence-electron chi connectivity index (χ1n) is 9.44. The molecule has 1 aliphatic rings. The molecule has 2 aromatic carbocycles. The minimum Gasteiger partial charge on any atom is -0.334 e. The molecule has 7 heteroatoms. The second-order valence-corrected chi connectivity index (χ2v) is 7.57. The van der Waals surface area contributed by atoms with E-state index in [-0.39, 0.29) is 12.1 Å². The highest BCUT2D eigenvalue weighted by atomic mass is 32.2. The highest BCUT2D eigenvalue weighted by Crippen LogP contribution is 2.37. The fourth-order valence-electron chi connectivity index (χ4n) is 3.52. The van der Waals surface area contributed by atoms with Crippen LogP contribution in [0.15, 0.2) is 69.7 Å². The van der Waals surface area contributed by atoms with Gasteiger partial charge in [0.25, 0.3) is 5.89 Å². The quantitative estimate of drug-likeness (QED) is 0.605. The van der Waals surface area contributed by atoms with E-state index in [0.717, 1.165) is 27.3 Å². The highest BCUT2D eigenvalue weighted by Gasteiger charge is 2.35. The van der Waals surface area contributed by atoms with Crippen molar-refractivity contribution in [2.24, 2.45) is 0 Å². The van der Waals surface area contributed by atoms with Crippen molar-refractivity contribution >= 4 is 23.4 Å². The van der Waals surface area contributed by atoms with E-state index in [2.05, 4.69) is 27.6 Å². The molecule has 1 aromatic heterocycles. The first-order valence-corrected chi connectivity index (χ1v) is 10.7. The molecule has 1 aliphatic heterocycles. The molecule has 0 fully saturated rings. The van der Waals surface area contributed by atoms with Crippen LogP contribution in [0.4, 0.5) is 4.79 Å². The second kappa shape index (κ2) is 8.13. The van der Waals surface area contributed by atoms with Crippen LogP contribution in [0.2, 0.25) is 0 Å². The van der Waals surface area contributed by atoms with Gasteiger partial charge < -0.3 is 9.84 Å². The van der Waals surface area contributed by atoms with Crippen molar-refractivity contribution in [1.82, 2.24) is 20.4 Å². The van der Waals surface area contributed by atoms with Crippen LogP contribution in [0, 0.1) is 0 Å². The van der Waals surface area contributed by atoms with Crippen molar-refractivity contribution < 1.29 is 9.32 Å². The zero-order valence-corrected chi connectivity index (χ0v) is 17.4. The standard InChI is InChI=1S/C22H22N4O2S/c1-4-26-14(2)18(21-24-20(25-28-21)16-8-6-5-7-9-16)19(23-22(26)27)15-10-12-17(29-3)13-11-15/h5-13,19H,4H2,1-3H3,(H,23,27). The van der Waals surface area contributed by atoms with E-state index in [1.807, 2.05) is 62.6 Å². The summed E-state index contributed by atoms with van der Waals surface area (Å²) in [6.07, 6.45) is 2.04. The average Bonchev–Trinajstić information content (AvgIpc) is 3.24. The lowest BCUT2D eigenvalue weighted by Gasteiger charge is -2.34. The molecule has 2 amide bonds. The summed E-state index contributed by atoms with van der Waals surface area (Å²) < 4.78 is 5.65. The molecule has 0 radical (unpaired) electrons. The van der Waals surface area contributed by atoms with Crippen LogP contribution < -0.4 is 5.32 Å². The summed E-state index contributed by atoms with van der Waals surface area (Å²) >= 11 is 1.68. The van der Waals surface area contributed by atoms with Crippen LogP contribution in [0.1, 0.15) is 31.3 Å². The number of urea groups is 1. The van der Waals surface area contributed by atoms with Gasteiger partial charge in [0.2, 0.25) is 5.82 Å². The van der Waals surface area contributed by atoms with Gasteiger partial charge in [-0.2, -0.15) is 4.98 Å². The van der Waals surface area contributed by atoms with Crippen LogP contribution in [0.25, 0.3) is 17.0 Å². The molecule has 0 saturated carbocycles. The first-order chi connectivity index (χ1) is 14.1. The van der Waals surface area contributed by atoms with Crippen molar-refractivity contribution in [3.63, 3.8) is 0 Å². The van der Waals surface area contributed by atoms with Gasteiger partial charge in [-0.05, 0) is 37.8 Å². The minimum atomic E-state index is -0.356. The monoisotopic (exact) mass is 406 g/mol. The molecule has 0 aliphatic carbocycles. The van der Waals surface area contributed by atoms with Gasteiger partial charge in [0, 0.05) is 22.7 Å². The van der Waals surface area contributed by atoms with Gasteiger partial charge in [-0.25, -0.2) is 4.79 Å². The van der Waals surface area contributed by atoms with Crippen LogP contribution in [0.3, 0.4) is 0 Å². The number of hydrogen-bond donors (Lipinski definition) is 1. The van der Waals surface area contributed by atoms with E-state index >= 15 is 0 Å². The number of thioether (sulfide) groups is 1. The van der Waals surface area contributed by atoms with E-state index in [9.17, 15) is 4.79 Å². The molecule has 4 rings (SSSR count). The lowest BCUT2D eigenvalue weighted by atomic mass is 9.95. The molecule has 1 N–H and O–H groups in total. The summed E-state index contributed by atoms with van der Waals surface area (Å²) in [7, 11) is 0. The Balaban J connectivity index is 1.80. The number of benzene rings is 2. The van der Waals surface area contributed by atoms with Gasteiger partial charge in [-0.1, -0.05) is 47.6 Å². The Kier molecular flexibility index (Phi) is 5.40. The molecule has 1 unspecified atom stereocenters. The molecular formula is C22H22N4O2S. The van der Waals surface area contributed by atoms with E-state index in [0.29, 0.717) is 18.3 Å². The Bertz CT molecular complexity index is 1040. The Labute approximate surface area is 174 Å². The number of aromatic nitrogens is 2. The van der Waals surface area contributed by atoms with Crippen LogP contribution >= 0.6 is 11.8 Å². The molecular weight excluding hydrogens is 384 g/mol. The predicted molar refractivity (Wildman–Crippen MR) is 114 cm³/mol. The Morgan fingerprint density at radius 3 is 2.52 bits per heavy atom. The number of allylic oxidation sites excluding steroid dienone is 1. The number of nitrogens with zero attached hydrogens (tertiary/aromatic N) is 3. The average molecular weight is 407 g/mol. The lowest BCUT2D eigenvalue weighted by molar-refractivity contribution is 0.207. The zero-order chi connectivity index (χ0) is 20.4. The maximum atomic E-state index is 12.7. The molecule has 1 atom stereocenters. The molecule has 29 heavy (non-hydrogen) atoms. The normalized spacial score (nSPS) is 16.9. The number of carbonyl (C=O) groups is 1. The molecule has 2 heterocycles. The summed E-state index contributed by atoms with van der Waals surface area (Å²) in [6, 6.07) is 17.4. The summed E-state index contributed by atoms with van der Waals surface area (Å²) in [5.41, 5.74) is 3.49. The SMILES string of the molecule is CCN1C(=O)NC(c2ccc(SC)cc2)C(c2nc(-c3ccccc3)no2)=C1C. The maximum absolute atomic E-state index is 12.7. The van der Waals surface area contributed by atoms with Crippen LogP contribution in [-0.4, -0.2) is 33.9 Å². The molecule has 3 aromatic rings. The minimum absolute atomic E-state index is 0.129. The second-order valence-electron chi connectivity index (χ2n) is 6.69. The van der Waals surface area contributed by atoms with E-state index in [1.54, 1.807) is 16.7 Å². The smallest absolute Gasteiger partial charge is 0.322 e. The maximum Gasteiger partial charge on any atom is 0.322 e. The van der Waals surface area contributed by atoms with Crippen molar-refractivity contribution in [2.75, 3.05) is 12.8 Å². The first kappa shape index (κ1) is 19.3. The number of hydrogen-bond acceptors (Lipinski definition) is 5.